The minimum Gasteiger partial charge on any atom is -0.115 e. The monoisotopic (exact) mass is 510 g/mol. The normalized spacial score (nSPS) is 21.3. The molecule has 2 aliphatic rings. The number of hydrogen-bond donors (Lipinski definition) is 0. The molecule has 5 rings (SSSR count). The van der Waals surface area contributed by atoms with E-state index < -0.39 is 0 Å². The molecule has 3 aromatic carbocycles. The van der Waals surface area contributed by atoms with Crippen molar-refractivity contribution in [1.29, 1.82) is 0 Å². The lowest BCUT2D eigenvalue weighted by Crippen LogP contribution is -2.23. The smallest absolute Gasteiger partial charge is 0.0242 e. The second-order valence-electron chi connectivity index (χ2n) is 11.9. The first-order chi connectivity index (χ1) is 19.0. The summed E-state index contributed by atoms with van der Waals surface area (Å²) in [6.45, 7) is 9.30. The van der Waals surface area contributed by atoms with Gasteiger partial charge < -0.3 is 0 Å². The van der Waals surface area contributed by atoms with Gasteiger partial charge in [0.15, 0.2) is 0 Å². The van der Waals surface area contributed by atoms with Crippen LogP contribution >= 0.6 is 0 Å². The third-order valence-electron chi connectivity index (χ3n) is 8.99. The quantitative estimate of drug-likeness (QED) is 0.198. The molecule has 0 heterocycles. The zero-order chi connectivity index (χ0) is 27.2. The molecule has 0 spiro atoms. The van der Waals surface area contributed by atoms with E-state index in [2.05, 4.69) is 111 Å². The summed E-state index contributed by atoms with van der Waals surface area (Å²) in [5, 5.41) is 0. The molecular formula is C39H42. The van der Waals surface area contributed by atoms with E-state index in [1.165, 1.54) is 64.6 Å². The molecule has 0 saturated heterocycles. The van der Waals surface area contributed by atoms with Crippen LogP contribution in [0.25, 0.3) is 5.57 Å². The highest BCUT2D eigenvalue weighted by atomic mass is 14.4. The molecular weight excluding hydrogens is 468 g/mol. The van der Waals surface area contributed by atoms with Crippen molar-refractivity contribution in [3.8, 4) is 12.3 Å². The average molecular weight is 511 g/mol. The molecule has 1 saturated carbocycles. The van der Waals surface area contributed by atoms with Crippen LogP contribution in [-0.2, 0) is 12.8 Å². The van der Waals surface area contributed by atoms with Crippen molar-refractivity contribution in [2.75, 3.05) is 0 Å². The molecule has 0 heteroatoms. The summed E-state index contributed by atoms with van der Waals surface area (Å²) in [5.74, 6) is 5.09. The van der Waals surface area contributed by atoms with E-state index in [4.69, 9.17) is 13.0 Å². The zero-order valence-electron chi connectivity index (χ0n) is 23.7. The van der Waals surface area contributed by atoms with Crippen molar-refractivity contribution >= 4 is 5.57 Å². The number of benzene rings is 3. The number of hydrogen-bond acceptors (Lipinski definition) is 0. The molecule has 0 radical (unpaired) electrons. The second-order valence-corrected chi connectivity index (χ2v) is 11.9. The highest BCUT2D eigenvalue weighted by Crippen LogP contribution is 2.45. The summed E-state index contributed by atoms with van der Waals surface area (Å²) in [4.78, 5) is 0. The third kappa shape index (κ3) is 6.72. The van der Waals surface area contributed by atoms with Gasteiger partial charge in [0.2, 0.25) is 0 Å². The summed E-state index contributed by atoms with van der Waals surface area (Å²) in [5.41, 5.74) is 10.8. The molecule has 3 aromatic rings. The molecule has 0 amide bonds. The minimum atomic E-state index is 0.422. The van der Waals surface area contributed by atoms with E-state index in [0.717, 1.165) is 30.7 Å². The zero-order valence-corrected chi connectivity index (χ0v) is 23.7. The maximum atomic E-state index is 5.55. The van der Waals surface area contributed by atoms with Gasteiger partial charge in [-0.25, -0.2) is 0 Å². The van der Waals surface area contributed by atoms with Gasteiger partial charge in [0.05, 0.1) is 0 Å². The van der Waals surface area contributed by atoms with E-state index in [1.54, 1.807) is 0 Å². The third-order valence-corrected chi connectivity index (χ3v) is 8.99. The van der Waals surface area contributed by atoms with Gasteiger partial charge in [0.1, 0.15) is 0 Å². The van der Waals surface area contributed by atoms with Crippen LogP contribution in [0.1, 0.15) is 78.3 Å². The predicted molar refractivity (Wildman–Crippen MR) is 168 cm³/mol. The van der Waals surface area contributed by atoms with E-state index in [0.29, 0.717) is 17.8 Å². The SMILES string of the molecule is C#Cc1ccc(CC2CCC(C(C(=C)CCc3ccccc3)c3ccc(C4=CC(C)C=C4)cc3C)CC2)cc1. The van der Waals surface area contributed by atoms with Crippen molar-refractivity contribution < 1.29 is 0 Å². The van der Waals surface area contributed by atoms with Crippen molar-refractivity contribution in [1.82, 2.24) is 0 Å². The molecule has 0 N–H and O–H groups in total. The van der Waals surface area contributed by atoms with Crippen molar-refractivity contribution in [2.45, 2.75) is 64.7 Å². The van der Waals surface area contributed by atoms with Gasteiger partial charge in [-0.15, -0.1) is 6.42 Å². The standard InChI is InChI=1S/C39H42/c1-5-31-14-16-33(17-15-31)27-34-18-21-35(22-19-34)39(29(3)12-13-32-9-7-6-8-10-32)38-24-23-37(26-30(38)4)36-20-11-28(2)25-36/h1,6-11,14-17,20,23-26,28,34-35,39H,3,12-13,18-19,21-22,27H2,2,4H3. The Labute approximate surface area is 236 Å². The molecule has 0 bridgehead atoms. The fourth-order valence-electron chi connectivity index (χ4n) is 6.75. The van der Waals surface area contributed by atoms with Gasteiger partial charge in [-0.2, -0.15) is 0 Å². The van der Waals surface area contributed by atoms with E-state index >= 15 is 0 Å². The Hall–Kier alpha value is -3.56. The molecule has 2 unspecified atom stereocenters. The molecule has 0 nitrogen and oxygen atoms in total. The van der Waals surface area contributed by atoms with Gasteiger partial charge in [-0.05, 0) is 115 Å². The first kappa shape index (κ1) is 27.0. The molecule has 39 heavy (non-hydrogen) atoms. The Balaban J connectivity index is 1.32. The van der Waals surface area contributed by atoms with Crippen LogP contribution in [0.5, 0.6) is 0 Å². The fraction of sp³-hybridized carbons (Fsp3) is 0.333. The lowest BCUT2D eigenvalue weighted by Gasteiger charge is -2.36. The Bertz CT molecular complexity index is 1370. The molecule has 2 aliphatic carbocycles. The lowest BCUT2D eigenvalue weighted by atomic mass is 9.68. The van der Waals surface area contributed by atoms with E-state index in [-0.39, 0.29) is 0 Å². The topological polar surface area (TPSA) is 0 Å². The van der Waals surface area contributed by atoms with Gasteiger partial charge in [0, 0.05) is 11.5 Å². The van der Waals surface area contributed by atoms with Crippen molar-refractivity contribution in [2.24, 2.45) is 17.8 Å². The van der Waals surface area contributed by atoms with Crippen LogP contribution in [0, 0.1) is 37.0 Å². The summed E-state index contributed by atoms with van der Waals surface area (Å²) >= 11 is 0. The van der Waals surface area contributed by atoms with E-state index in [1.807, 2.05) is 0 Å². The van der Waals surface area contributed by atoms with Crippen LogP contribution in [-0.4, -0.2) is 0 Å². The summed E-state index contributed by atoms with van der Waals surface area (Å²) < 4.78 is 0. The van der Waals surface area contributed by atoms with Crippen LogP contribution in [0.2, 0.25) is 0 Å². The predicted octanol–water partition coefficient (Wildman–Crippen LogP) is 9.89. The van der Waals surface area contributed by atoms with E-state index in [9.17, 15) is 0 Å². The maximum absolute atomic E-state index is 5.55. The average Bonchev–Trinajstić information content (AvgIpc) is 3.41. The lowest BCUT2D eigenvalue weighted by molar-refractivity contribution is 0.252. The molecule has 1 fully saturated rings. The minimum absolute atomic E-state index is 0.422. The van der Waals surface area contributed by atoms with Crippen molar-refractivity contribution in [3.63, 3.8) is 0 Å². The number of rotatable bonds is 9. The molecule has 0 aromatic heterocycles. The Morgan fingerprint density at radius 3 is 2.33 bits per heavy atom. The Morgan fingerprint density at radius 1 is 0.949 bits per heavy atom. The second kappa shape index (κ2) is 12.5. The van der Waals surface area contributed by atoms with Crippen LogP contribution in [0.3, 0.4) is 0 Å². The first-order valence-electron chi connectivity index (χ1n) is 14.8. The Kier molecular flexibility index (Phi) is 8.68. The van der Waals surface area contributed by atoms with Crippen molar-refractivity contribution in [3.05, 3.63) is 137 Å². The van der Waals surface area contributed by atoms with Crippen LogP contribution in [0.4, 0.5) is 0 Å². The summed E-state index contributed by atoms with van der Waals surface area (Å²) in [7, 11) is 0. The van der Waals surface area contributed by atoms with Gasteiger partial charge in [-0.1, -0.05) is 104 Å². The number of allylic oxidation sites excluding steroid dienone is 5. The van der Waals surface area contributed by atoms with Crippen LogP contribution in [0.15, 0.2) is 103 Å². The van der Waals surface area contributed by atoms with Gasteiger partial charge >= 0.3 is 0 Å². The highest BCUT2D eigenvalue weighted by Gasteiger charge is 2.31. The summed E-state index contributed by atoms with van der Waals surface area (Å²) in [6.07, 6.45) is 20.9. The fourth-order valence-corrected chi connectivity index (χ4v) is 6.75. The molecule has 2 atom stereocenters. The number of terminal acetylenes is 1. The molecule has 198 valence electrons. The summed E-state index contributed by atoms with van der Waals surface area (Å²) in [6, 6.07) is 26.7. The maximum Gasteiger partial charge on any atom is 0.0242 e. The first-order valence-corrected chi connectivity index (χ1v) is 14.8. The molecule has 0 aliphatic heterocycles. The van der Waals surface area contributed by atoms with Gasteiger partial charge in [0.25, 0.3) is 0 Å². The largest absolute Gasteiger partial charge is 0.115 e. The Morgan fingerprint density at radius 2 is 1.69 bits per heavy atom. The van der Waals surface area contributed by atoms with Gasteiger partial charge in [-0.3, -0.25) is 0 Å². The number of aryl methyl sites for hydroxylation is 2. The van der Waals surface area contributed by atoms with Crippen LogP contribution < -0.4 is 0 Å². The highest BCUT2D eigenvalue weighted by molar-refractivity contribution is 5.77.